The van der Waals surface area contributed by atoms with Crippen LogP contribution in [-0.4, -0.2) is 109 Å². The average molecular weight is 394 g/mol. The number of amides is 2. The highest BCUT2D eigenvalue weighted by Crippen LogP contribution is 2.33. The molecule has 2 amide bonds. The van der Waals surface area contributed by atoms with Crippen molar-refractivity contribution in [3.05, 3.63) is 0 Å². The molecule has 0 saturated carbocycles. The monoisotopic (exact) mass is 393 g/mol. The zero-order valence-electron chi connectivity index (χ0n) is 18.2. The lowest BCUT2D eigenvalue weighted by Gasteiger charge is -2.42. The van der Waals surface area contributed by atoms with Crippen LogP contribution in [0.2, 0.25) is 0 Å². The molecule has 3 rings (SSSR count). The first-order valence-electron chi connectivity index (χ1n) is 11.1. The summed E-state index contributed by atoms with van der Waals surface area (Å²) in [7, 11) is 0. The maximum atomic E-state index is 13.4. The first-order valence-corrected chi connectivity index (χ1v) is 11.1. The summed E-state index contributed by atoms with van der Waals surface area (Å²) in [6, 6.07) is 1.04. The molecular weight excluding hydrogens is 354 g/mol. The molecular formula is C21H39N5O2. The third-order valence-electron chi connectivity index (χ3n) is 6.92. The number of nitrogens with zero attached hydrogens (tertiary/aromatic N) is 4. The fourth-order valence-corrected chi connectivity index (χ4v) is 4.82. The Morgan fingerprint density at radius 3 is 1.75 bits per heavy atom. The zero-order valence-corrected chi connectivity index (χ0v) is 18.2. The van der Waals surface area contributed by atoms with E-state index in [0.717, 1.165) is 65.3 Å². The number of hydrogen-bond donors (Lipinski definition) is 1. The van der Waals surface area contributed by atoms with Crippen molar-refractivity contribution in [3.8, 4) is 0 Å². The van der Waals surface area contributed by atoms with Gasteiger partial charge in [-0.1, -0.05) is 0 Å². The van der Waals surface area contributed by atoms with Crippen molar-refractivity contribution in [1.82, 2.24) is 24.9 Å². The molecule has 7 nitrogen and oxygen atoms in total. The third kappa shape index (κ3) is 4.69. The van der Waals surface area contributed by atoms with Crippen LogP contribution in [0.15, 0.2) is 0 Å². The van der Waals surface area contributed by atoms with Gasteiger partial charge in [0, 0.05) is 77.4 Å². The van der Waals surface area contributed by atoms with Crippen LogP contribution >= 0.6 is 0 Å². The van der Waals surface area contributed by atoms with Gasteiger partial charge < -0.3 is 15.1 Å². The molecule has 3 aliphatic heterocycles. The normalized spacial score (nSPS) is 27.8. The quantitative estimate of drug-likeness (QED) is 0.736. The maximum Gasteiger partial charge on any atom is 0.230 e. The molecule has 3 aliphatic rings. The van der Waals surface area contributed by atoms with Crippen LogP contribution in [0.5, 0.6) is 0 Å². The van der Waals surface area contributed by atoms with Gasteiger partial charge in [-0.15, -0.1) is 0 Å². The van der Waals surface area contributed by atoms with Gasteiger partial charge in [0.1, 0.15) is 0 Å². The van der Waals surface area contributed by atoms with Crippen LogP contribution < -0.4 is 5.32 Å². The first kappa shape index (κ1) is 21.5. The summed E-state index contributed by atoms with van der Waals surface area (Å²) in [4.78, 5) is 35.3. The minimum atomic E-state index is -0.549. The van der Waals surface area contributed by atoms with E-state index in [1.165, 1.54) is 0 Å². The molecule has 0 aromatic heterocycles. The lowest BCUT2D eigenvalue weighted by molar-refractivity contribution is -0.149. The van der Waals surface area contributed by atoms with E-state index in [1.54, 1.807) is 0 Å². The second-order valence-electron chi connectivity index (χ2n) is 9.32. The van der Waals surface area contributed by atoms with E-state index in [4.69, 9.17) is 0 Å². The molecule has 0 aromatic rings. The van der Waals surface area contributed by atoms with Crippen LogP contribution in [-0.2, 0) is 9.59 Å². The van der Waals surface area contributed by atoms with Gasteiger partial charge in [-0.2, -0.15) is 0 Å². The Hall–Kier alpha value is -1.18. The fourth-order valence-electron chi connectivity index (χ4n) is 4.82. The summed E-state index contributed by atoms with van der Waals surface area (Å²) in [5, 5.41) is 3.35. The highest BCUT2D eigenvalue weighted by molar-refractivity contribution is 5.89. The Balaban J connectivity index is 1.59. The number of hydrogen-bond acceptors (Lipinski definition) is 5. The number of carbonyl (C=O) groups excluding carboxylic acids is 2. The molecule has 28 heavy (non-hydrogen) atoms. The summed E-state index contributed by atoms with van der Waals surface area (Å²) in [6.07, 6.45) is 1.12. The van der Waals surface area contributed by atoms with E-state index in [-0.39, 0.29) is 11.8 Å². The van der Waals surface area contributed by atoms with Crippen molar-refractivity contribution >= 4 is 11.8 Å². The Bertz CT molecular complexity index is 543. The van der Waals surface area contributed by atoms with Gasteiger partial charge in [-0.3, -0.25) is 19.4 Å². The smallest absolute Gasteiger partial charge is 0.230 e. The van der Waals surface area contributed by atoms with E-state index in [1.807, 2.05) is 9.80 Å². The predicted molar refractivity (Wildman–Crippen MR) is 111 cm³/mol. The van der Waals surface area contributed by atoms with Crippen LogP contribution in [0.3, 0.4) is 0 Å². The number of nitrogens with one attached hydrogen (secondary N) is 1. The summed E-state index contributed by atoms with van der Waals surface area (Å²) in [6.45, 7) is 17.1. The van der Waals surface area contributed by atoms with E-state index >= 15 is 0 Å². The minimum Gasteiger partial charge on any atom is -0.340 e. The van der Waals surface area contributed by atoms with Crippen LogP contribution in [0, 0.1) is 5.41 Å². The largest absolute Gasteiger partial charge is 0.340 e. The predicted octanol–water partition coefficient (Wildman–Crippen LogP) is 0.461. The maximum absolute atomic E-state index is 13.4. The third-order valence-corrected chi connectivity index (χ3v) is 6.92. The molecule has 3 saturated heterocycles. The van der Waals surface area contributed by atoms with Crippen LogP contribution in [0.25, 0.3) is 0 Å². The molecule has 1 unspecified atom stereocenters. The summed E-state index contributed by atoms with van der Waals surface area (Å²) in [5.74, 6) is 0.344. The molecule has 0 aromatic carbocycles. The fraction of sp³-hybridized carbons (Fsp3) is 0.905. The van der Waals surface area contributed by atoms with Gasteiger partial charge in [-0.25, -0.2) is 0 Å². The first-order chi connectivity index (χ1) is 13.3. The van der Waals surface area contributed by atoms with Gasteiger partial charge in [0.25, 0.3) is 0 Å². The van der Waals surface area contributed by atoms with Gasteiger partial charge in [0.2, 0.25) is 11.8 Å². The van der Waals surface area contributed by atoms with Crippen molar-refractivity contribution in [2.75, 3.05) is 65.4 Å². The molecule has 0 radical (unpaired) electrons. The molecule has 0 bridgehead atoms. The Labute approximate surface area is 170 Å². The zero-order chi connectivity index (χ0) is 20.3. The standard InChI is InChI=1S/C21H39N5O2/c1-17(2)23-7-11-25(12-8-23)19(27)15-21(5-6-22-16-21)20(28)26-13-9-24(10-14-26)18(3)4/h17-18,22H,5-16H2,1-4H3. The van der Waals surface area contributed by atoms with Crippen molar-refractivity contribution < 1.29 is 9.59 Å². The highest BCUT2D eigenvalue weighted by Gasteiger charge is 2.46. The molecule has 160 valence electrons. The average Bonchev–Trinajstić information content (AvgIpc) is 3.17. The van der Waals surface area contributed by atoms with Crippen LogP contribution in [0.4, 0.5) is 0 Å². The van der Waals surface area contributed by atoms with Gasteiger partial charge >= 0.3 is 0 Å². The Morgan fingerprint density at radius 1 is 0.821 bits per heavy atom. The Kier molecular flexibility index (Phi) is 6.99. The number of rotatable bonds is 5. The van der Waals surface area contributed by atoms with Gasteiger partial charge in [0.05, 0.1) is 5.41 Å². The SMILES string of the molecule is CC(C)N1CCN(C(=O)CC2(C(=O)N3CCN(C(C)C)CC3)CCNC2)CC1. The number of piperazine rings is 2. The molecule has 0 aliphatic carbocycles. The topological polar surface area (TPSA) is 59.1 Å². The van der Waals surface area contributed by atoms with Crippen LogP contribution in [0.1, 0.15) is 40.5 Å². The summed E-state index contributed by atoms with van der Waals surface area (Å²) in [5.41, 5.74) is -0.549. The molecule has 1 atom stereocenters. The lowest BCUT2D eigenvalue weighted by Crippen LogP contribution is -2.56. The molecule has 7 heteroatoms. The summed E-state index contributed by atoms with van der Waals surface area (Å²) < 4.78 is 0. The van der Waals surface area contributed by atoms with E-state index < -0.39 is 5.41 Å². The van der Waals surface area contributed by atoms with Crippen molar-refractivity contribution in [1.29, 1.82) is 0 Å². The van der Waals surface area contributed by atoms with E-state index in [0.29, 0.717) is 25.0 Å². The highest BCUT2D eigenvalue weighted by atomic mass is 16.2. The summed E-state index contributed by atoms with van der Waals surface area (Å²) >= 11 is 0. The molecule has 1 N–H and O–H groups in total. The second kappa shape index (κ2) is 9.09. The molecule has 3 heterocycles. The van der Waals surface area contributed by atoms with Crippen molar-refractivity contribution in [2.45, 2.75) is 52.6 Å². The van der Waals surface area contributed by atoms with Gasteiger partial charge in [-0.05, 0) is 40.7 Å². The van der Waals surface area contributed by atoms with E-state index in [2.05, 4.69) is 42.8 Å². The Morgan fingerprint density at radius 2 is 1.32 bits per heavy atom. The van der Waals surface area contributed by atoms with Crippen molar-refractivity contribution in [3.63, 3.8) is 0 Å². The molecule has 0 spiro atoms. The molecule has 3 fully saturated rings. The second-order valence-corrected chi connectivity index (χ2v) is 9.32. The minimum absolute atomic E-state index is 0.154. The van der Waals surface area contributed by atoms with Crippen molar-refractivity contribution in [2.24, 2.45) is 5.41 Å². The number of carbonyl (C=O) groups is 2. The van der Waals surface area contributed by atoms with Gasteiger partial charge in [0.15, 0.2) is 0 Å². The lowest BCUT2D eigenvalue weighted by atomic mass is 9.81. The van der Waals surface area contributed by atoms with E-state index in [9.17, 15) is 9.59 Å².